The van der Waals surface area contributed by atoms with Crippen LogP contribution in [-0.4, -0.2) is 30.1 Å². The second kappa shape index (κ2) is 4.43. The van der Waals surface area contributed by atoms with Crippen molar-refractivity contribution in [3.63, 3.8) is 0 Å². The Morgan fingerprint density at radius 1 is 1.43 bits per heavy atom. The molecule has 2 rings (SSSR count). The van der Waals surface area contributed by atoms with E-state index in [2.05, 4.69) is 41.6 Å². The summed E-state index contributed by atoms with van der Waals surface area (Å²) in [5.41, 5.74) is 0. The smallest absolute Gasteiger partial charge is 0.0329 e. The maximum atomic E-state index is 3.55. The number of nitrogens with one attached hydrogen (secondary N) is 1. The predicted octanol–water partition coefficient (Wildman–Crippen LogP) is 1.93. The van der Waals surface area contributed by atoms with Crippen LogP contribution in [0.15, 0.2) is 17.5 Å². The highest BCUT2D eigenvalue weighted by Gasteiger charge is 2.20. The van der Waals surface area contributed by atoms with E-state index in [0.717, 1.165) is 6.54 Å². The van der Waals surface area contributed by atoms with Crippen molar-refractivity contribution in [1.82, 2.24) is 10.2 Å². The molecule has 0 bridgehead atoms. The molecule has 0 aromatic carbocycles. The molecule has 78 valence electrons. The van der Waals surface area contributed by atoms with Crippen molar-refractivity contribution in [3.05, 3.63) is 22.4 Å². The SMILES string of the molecule is C[C@@H]1CN(Cc2cccs2)C[C@H](C)N1. The predicted molar refractivity (Wildman–Crippen MR) is 61.7 cm³/mol. The van der Waals surface area contributed by atoms with Crippen LogP contribution >= 0.6 is 11.3 Å². The van der Waals surface area contributed by atoms with Crippen LogP contribution in [0.25, 0.3) is 0 Å². The first-order chi connectivity index (χ1) is 6.74. The molecule has 1 N–H and O–H groups in total. The van der Waals surface area contributed by atoms with Gasteiger partial charge in [0.25, 0.3) is 0 Å². The zero-order valence-electron chi connectivity index (χ0n) is 8.86. The Hall–Kier alpha value is -0.380. The minimum Gasteiger partial charge on any atom is -0.309 e. The number of rotatable bonds is 2. The van der Waals surface area contributed by atoms with Crippen molar-refractivity contribution in [2.45, 2.75) is 32.5 Å². The van der Waals surface area contributed by atoms with Gasteiger partial charge >= 0.3 is 0 Å². The summed E-state index contributed by atoms with van der Waals surface area (Å²) >= 11 is 1.86. The number of nitrogens with zero attached hydrogens (tertiary/aromatic N) is 1. The molecule has 1 fully saturated rings. The Morgan fingerprint density at radius 2 is 2.14 bits per heavy atom. The van der Waals surface area contributed by atoms with E-state index in [9.17, 15) is 0 Å². The van der Waals surface area contributed by atoms with E-state index in [1.807, 2.05) is 11.3 Å². The Bertz CT molecular complexity index is 261. The molecular formula is C11H18N2S. The van der Waals surface area contributed by atoms with Crippen LogP contribution in [0.1, 0.15) is 18.7 Å². The summed E-state index contributed by atoms with van der Waals surface area (Å²) in [6.45, 7) is 7.98. The van der Waals surface area contributed by atoms with Gasteiger partial charge in [0.1, 0.15) is 0 Å². The molecule has 1 saturated heterocycles. The van der Waals surface area contributed by atoms with E-state index < -0.39 is 0 Å². The zero-order chi connectivity index (χ0) is 9.97. The van der Waals surface area contributed by atoms with Crippen molar-refractivity contribution >= 4 is 11.3 Å². The summed E-state index contributed by atoms with van der Waals surface area (Å²) in [4.78, 5) is 4.02. The first kappa shape index (κ1) is 10.1. The molecule has 1 aliphatic heterocycles. The maximum absolute atomic E-state index is 3.55. The molecule has 1 aromatic heterocycles. The van der Waals surface area contributed by atoms with Crippen molar-refractivity contribution < 1.29 is 0 Å². The Kier molecular flexibility index (Phi) is 3.21. The van der Waals surface area contributed by atoms with E-state index in [-0.39, 0.29) is 0 Å². The van der Waals surface area contributed by atoms with Gasteiger partial charge in [-0.2, -0.15) is 0 Å². The molecule has 14 heavy (non-hydrogen) atoms. The van der Waals surface area contributed by atoms with Crippen molar-refractivity contribution in [2.75, 3.05) is 13.1 Å². The Balaban J connectivity index is 1.91. The molecule has 0 amide bonds. The highest BCUT2D eigenvalue weighted by molar-refractivity contribution is 7.09. The first-order valence-electron chi connectivity index (χ1n) is 5.25. The molecular weight excluding hydrogens is 192 g/mol. The van der Waals surface area contributed by atoms with Crippen LogP contribution in [0.4, 0.5) is 0 Å². The largest absolute Gasteiger partial charge is 0.309 e. The van der Waals surface area contributed by atoms with Gasteiger partial charge in [0.2, 0.25) is 0 Å². The highest BCUT2D eigenvalue weighted by atomic mass is 32.1. The topological polar surface area (TPSA) is 15.3 Å². The van der Waals surface area contributed by atoms with Crippen LogP contribution in [0.2, 0.25) is 0 Å². The second-order valence-corrected chi connectivity index (χ2v) is 5.27. The average Bonchev–Trinajstić information content (AvgIpc) is 2.54. The number of hydrogen-bond donors (Lipinski definition) is 1. The van der Waals surface area contributed by atoms with Crippen molar-refractivity contribution in [1.29, 1.82) is 0 Å². The summed E-state index contributed by atoms with van der Waals surface area (Å²) in [6, 6.07) is 5.61. The number of thiophene rings is 1. The summed E-state index contributed by atoms with van der Waals surface area (Å²) in [5.74, 6) is 0. The van der Waals surface area contributed by atoms with E-state index in [1.165, 1.54) is 18.0 Å². The van der Waals surface area contributed by atoms with Crippen LogP contribution < -0.4 is 5.32 Å². The van der Waals surface area contributed by atoms with E-state index in [1.54, 1.807) is 0 Å². The normalized spacial score (nSPS) is 29.3. The third kappa shape index (κ3) is 2.56. The van der Waals surface area contributed by atoms with Crippen molar-refractivity contribution in [2.24, 2.45) is 0 Å². The molecule has 3 heteroatoms. The lowest BCUT2D eigenvalue weighted by atomic mass is 10.1. The maximum Gasteiger partial charge on any atom is 0.0329 e. The lowest BCUT2D eigenvalue weighted by Gasteiger charge is -2.35. The molecule has 0 aliphatic carbocycles. The van der Waals surface area contributed by atoms with Crippen LogP contribution in [0.5, 0.6) is 0 Å². The van der Waals surface area contributed by atoms with Crippen LogP contribution in [0.3, 0.4) is 0 Å². The van der Waals surface area contributed by atoms with Gasteiger partial charge < -0.3 is 5.32 Å². The summed E-state index contributed by atoms with van der Waals surface area (Å²) < 4.78 is 0. The molecule has 2 atom stereocenters. The lowest BCUT2D eigenvalue weighted by molar-refractivity contribution is 0.168. The van der Waals surface area contributed by atoms with Gasteiger partial charge in [0, 0.05) is 36.6 Å². The molecule has 0 saturated carbocycles. The van der Waals surface area contributed by atoms with Gasteiger partial charge in [0.05, 0.1) is 0 Å². The van der Waals surface area contributed by atoms with Gasteiger partial charge in [-0.3, -0.25) is 4.90 Å². The minimum absolute atomic E-state index is 0.624. The Labute approximate surface area is 89.9 Å². The van der Waals surface area contributed by atoms with E-state index in [4.69, 9.17) is 0 Å². The van der Waals surface area contributed by atoms with Gasteiger partial charge in [-0.05, 0) is 25.3 Å². The Morgan fingerprint density at radius 3 is 2.71 bits per heavy atom. The second-order valence-electron chi connectivity index (χ2n) is 4.24. The third-order valence-corrected chi connectivity index (χ3v) is 3.45. The third-order valence-electron chi connectivity index (χ3n) is 2.59. The number of piperazine rings is 1. The lowest BCUT2D eigenvalue weighted by Crippen LogP contribution is -2.53. The zero-order valence-corrected chi connectivity index (χ0v) is 9.68. The fraction of sp³-hybridized carbons (Fsp3) is 0.636. The number of hydrogen-bond acceptors (Lipinski definition) is 3. The van der Waals surface area contributed by atoms with Crippen LogP contribution in [0, 0.1) is 0 Å². The van der Waals surface area contributed by atoms with Gasteiger partial charge in [0.15, 0.2) is 0 Å². The van der Waals surface area contributed by atoms with Crippen LogP contribution in [-0.2, 0) is 6.54 Å². The first-order valence-corrected chi connectivity index (χ1v) is 6.13. The standard InChI is InChI=1S/C11H18N2S/c1-9-6-13(7-10(2)12-9)8-11-4-3-5-14-11/h3-5,9-10,12H,6-8H2,1-2H3/t9-,10+. The monoisotopic (exact) mass is 210 g/mol. The van der Waals surface area contributed by atoms with E-state index >= 15 is 0 Å². The molecule has 0 radical (unpaired) electrons. The van der Waals surface area contributed by atoms with Gasteiger partial charge in [-0.25, -0.2) is 0 Å². The average molecular weight is 210 g/mol. The minimum atomic E-state index is 0.624. The molecule has 1 aliphatic rings. The van der Waals surface area contributed by atoms with E-state index in [0.29, 0.717) is 12.1 Å². The molecule has 2 nitrogen and oxygen atoms in total. The summed E-state index contributed by atoms with van der Waals surface area (Å²) in [7, 11) is 0. The summed E-state index contributed by atoms with van der Waals surface area (Å²) in [6.07, 6.45) is 0. The van der Waals surface area contributed by atoms with Gasteiger partial charge in [-0.15, -0.1) is 11.3 Å². The molecule has 1 aromatic rings. The molecule has 2 heterocycles. The fourth-order valence-electron chi connectivity index (χ4n) is 2.19. The van der Waals surface area contributed by atoms with Crippen molar-refractivity contribution in [3.8, 4) is 0 Å². The fourth-order valence-corrected chi connectivity index (χ4v) is 2.94. The summed E-state index contributed by atoms with van der Waals surface area (Å²) in [5, 5.41) is 5.71. The molecule has 0 unspecified atom stereocenters. The van der Waals surface area contributed by atoms with Gasteiger partial charge in [-0.1, -0.05) is 6.07 Å². The molecule has 0 spiro atoms. The quantitative estimate of drug-likeness (QED) is 0.802. The highest BCUT2D eigenvalue weighted by Crippen LogP contribution is 2.14.